The first-order valence-corrected chi connectivity index (χ1v) is 3.79. The summed E-state index contributed by atoms with van der Waals surface area (Å²) in [6.45, 7) is 0. The third kappa shape index (κ3) is 1.45. The van der Waals surface area contributed by atoms with Gasteiger partial charge in [0.1, 0.15) is 5.69 Å². The molecule has 0 aliphatic rings. The maximum Gasteiger partial charge on any atom is 0.270 e. The van der Waals surface area contributed by atoms with E-state index in [0.717, 1.165) is 0 Å². The van der Waals surface area contributed by atoms with Crippen LogP contribution >= 0.6 is 0 Å². The zero-order valence-corrected chi connectivity index (χ0v) is 6.95. The van der Waals surface area contributed by atoms with E-state index < -0.39 is 4.92 Å². The Balaban J connectivity index is 2.46. The normalized spacial score (nSPS) is 10.0. The predicted molar refractivity (Wildman–Crippen MR) is 46.4 cm³/mol. The van der Waals surface area contributed by atoms with Gasteiger partial charge in [0.25, 0.3) is 5.69 Å². The molecule has 1 heterocycles. The summed E-state index contributed by atoms with van der Waals surface area (Å²) in [4.78, 5) is 10.0. The Morgan fingerprint density at radius 3 is 2.93 bits per heavy atom. The molecule has 0 N–H and O–H groups in total. The molecule has 6 nitrogen and oxygen atoms in total. The van der Waals surface area contributed by atoms with Gasteiger partial charge in [0.15, 0.2) is 6.26 Å². The van der Waals surface area contributed by atoms with Crippen LogP contribution in [0.4, 0.5) is 5.69 Å². The lowest BCUT2D eigenvalue weighted by Crippen LogP contribution is -1.88. The number of hydrogen-bond donors (Lipinski definition) is 0. The van der Waals surface area contributed by atoms with Gasteiger partial charge in [-0.05, 0) is 0 Å². The van der Waals surface area contributed by atoms with Gasteiger partial charge in [0.2, 0.25) is 0 Å². The van der Waals surface area contributed by atoms with Crippen LogP contribution in [0.2, 0.25) is 0 Å². The van der Waals surface area contributed by atoms with Gasteiger partial charge in [-0.2, -0.15) is 0 Å². The largest absolute Gasteiger partial charge is 0.345 e. The Morgan fingerprint density at radius 1 is 1.43 bits per heavy atom. The highest BCUT2D eigenvalue weighted by molar-refractivity contribution is 5.60. The standard InChI is InChI=1S/C8H5N3O3/c12-11(13)7-3-1-2-6(4-7)8-5-14-10-9-8/h1-5H. The van der Waals surface area contributed by atoms with Gasteiger partial charge in [-0.15, -0.1) is 5.10 Å². The van der Waals surface area contributed by atoms with Crippen molar-refractivity contribution in [3.05, 3.63) is 40.6 Å². The van der Waals surface area contributed by atoms with E-state index in [1.165, 1.54) is 18.4 Å². The highest BCUT2D eigenvalue weighted by Crippen LogP contribution is 2.21. The average Bonchev–Trinajstić information content (AvgIpc) is 2.71. The first-order chi connectivity index (χ1) is 6.77. The lowest BCUT2D eigenvalue weighted by Gasteiger charge is -1.94. The minimum atomic E-state index is -0.461. The number of non-ortho nitro benzene ring substituents is 1. The zero-order valence-electron chi connectivity index (χ0n) is 6.95. The maximum atomic E-state index is 10.5. The predicted octanol–water partition coefficient (Wildman–Crippen LogP) is 1.64. The monoisotopic (exact) mass is 191 g/mol. The molecule has 14 heavy (non-hydrogen) atoms. The van der Waals surface area contributed by atoms with Crippen LogP contribution in [0.5, 0.6) is 0 Å². The number of nitrogens with zero attached hydrogens (tertiary/aromatic N) is 3. The number of rotatable bonds is 2. The third-order valence-electron chi connectivity index (χ3n) is 1.71. The fourth-order valence-electron chi connectivity index (χ4n) is 1.07. The van der Waals surface area contributed by atoms with Crippen molar-refractivity contribution in [1.29, 1.82) is 0 Å². The lowest BCUT2D eigenvalue weighted by molar-refractivity contribution is -0.384. The van der Waals surface area contributed by atoms with Crippen LogP contribution in [0.1, 0.15) is 0 Å². The number of nitro benzene ring substituents is 1. The quantitative estimate of drug-likeness (QED) is 0.532. The van der Waals surface area contributed by atoms with E-state index in [1.54, 1.807) is 12.1 Å². The second kappa shape index (κ2) is 3.25. The number of benzene rings is 1. The van der Waals surface area contributed by atoms with Crippen molar-refractivity contribution in [2.75, 3.05) is 0 Å². The highest BCUT2D eigenvalue weighted by Gasteiger charge is 2.08. The SMILES string of the molecule is O=[N+]([O-])c1cccc(-c2conn2)c1. The van der Waals surface area contributed by atoms with Crippen LogP contribution < -0.4 is 0 Å². The molecule has 1 aromatic carbocycles. The molecule has 0 saturated heterocycles. The first kappa shape index (κ1) is 8.36. The average molecular weight is 191 g/mol. The second-order valence-corrected chi connectivity index (χ2v) is 2.60. The molecule has 70 valence electrons. The van der Waals surface area contributed by atoms with Gasteiger partial charge in [0.05, 0.1) is 4.92 Å². The second-order valence-electron chi connectivity index (χ2n) is 2.60. The highest BCUT2D eigenvalue weighted by atomic mass is 16.6. The molecule has 0 saturated carbocycles. The van der Waals surface area contributed by atoms with Crippen LogP contribution in [0.3, 0.4) is 0 Å². The fourth-order valence-corrected chi connectivity index (χ4v) is 1.07. The summed E-state index contributed by atoms with van der Waals surface area (Å²) in [5.74, 6) is 0. The van der Waals surface area contributed by atoms with Crippen LogP contribution in [-0.4, -0.2) is 15.3 Å². The number of nitro groups is 1. The van der Waals surface area contributed by atoms with E-state index in [0.29, 0.717) is 11.3 Å². The Bertz CT molecular complexity index is 453. The summed E-state index contributed by atoms with van der Waals surface area (Å²) in [7, 11) is 0. The summed E-state index contributed by atoms with van der Waals surface area (Å²) in [5.41, 5.74) is 1.11. The van der Waals surface area contributed by atoms with Gasteiger partial charge in [-0.25, -0.2) is 0 Å². The first-order valence-electron chi connectivity index (χ1n) is 3.79. The smallest absolute Gasteiger partial charge is 0.270 e. The van der Waals surface area contributed by atoms with Crippen LogP contribution in [0, 0.1) is 10.1 Å². The summed E-state index contributed by atoms with van der Waals surface area (Å²) in [6, 6.07) is 6.12. The molecule has 6 heteroatoms. The molecule has 1 aromatic heterocycles. The van der Waals surface area contributed by atoms with E-state index in [4.69, 9.17) is 0 Å². The van der Waals surface area contributed by atoms with Crippen molar-refractivity contribution in [2.24, 2.45) is 0 Å². The molecule has 0 aliphatic heterocycles. The van der Waals surface area contributed by atoms with Crippen molar-refractivity contribution >= 4 is 5.69 Å². The van der Waals surface area contributed by atoms with E-state index in [1.807, 2.05) is 0 Å². The minimum Gasteiger partial charge on any atom is -0.345 e. The van der Waals surface area contributed by atoms with Gasteiger partial charge in [-0.1, -0.05) is 12.1 Å². The number of aromatic nitrogens is 2. The van der Waals surface area contributed by atoms with E-state index in [-0.39, 0.29) is 5.69 Å². The van der Waals surface area contributed by atoms with Crippen molar-refractivity contribution in [2.45, 2.75) is 0 Å². The molecule has 0 radical (unpaired) electrons. The molecule has 0 fully saturated rings. The van der Waals surface area contributed by atoms with Crippen molar-refractivity contribution in [3.8, 4) is 11.3 Å². The van der Waals surface area contributed by atoms with Gasteiger partial charge >= 0.3 is 0 Å². The Hall–Kier alpha value is -2.24. The minimum absolute atomic E-state index is 0.0190. The molecule has 0 spiro atoms. The van der Waals surface area contributed by atoms with Crippen molar-refractivity contribution in [1.82, 2.24) is 10.4 Å². The summed E-state index contributed by atoms with van der Waals surface area (Å²) in [5, 5.41) is 17.4. The summed E-state index contributed by atoms with van der Waals surface area (Å²) in [6.07, 6.45) is 1.33. The number of hydrogen-bond acceptors (Lipinski definition) is 5. The van der Waals surface area contributed by atoms with Crippen molar-refractivity contribution in [3.63, 3.8) is 0 Å². The molecule has 0 bridgehead atoms. The third-order valence-corrected chi connectivity index (χ3v) is 1.71. The lowest BCUT2D eigenvalue weighted by atomic mass is 10.1. The van der Waals surface area contributed by atoms with Crippen LogP contribution in [-0.2, 0) is 0 Å². The van der Waals surface area contributed by atoms with Gasteiger partial charge in [-0.3, -0.25) is 10.1 Å². The summed E-state index contributed by atoms with van der Waals surface area (Å²) >= 11 is 0. The van der Waals surface area contributed by atoms with E-state index in [2.05, 4.69) is 14.9 Å². The van der Waals surface area contributed by atoms with Crippen molar-refractivity contribution < 1.29 is 9.45 Å². The molecular formula is C8H5N3O3. The molecule has 0 aliphatic carbocycles. The van der Waals surface area contributed by atoms with E-state index in [9.17, 15) is 10.1 Å². The molecular weight excluding hydrogens is 186 g/mol. The Labute approximate surface area is 78.3 Å². The topological polar surface area (TPSA) is 82.1 Å². The molecule has 0 amide bonds. The Kier molecular flexibility index (Phi) is 1.94. The van der Waals surface area contributed by atoms with Crippen LogP contribution in [0.15, 0.2) is 35.1 Å². The molecule has 2 aromatic rings. The summed E-state index contributed by atoms with van der Waals surface area (Å²) < 4.78 is 4.54. The maximum absolute atomic E-state index is 10.5. The molecule has 0 unspecified atom stereocenters. The van der Waals surface area contributed by atoms with Crippen LogP contribution in [0.25, 0.3) is 11.3 Å². The van der Waals surface area contributed by atoms with Gasteiger partial charge < -0.3 is 4.52 Å². The Morgan fingerprint density at radius 2 is 2.29 bits per heavy atom. The fraction of sp³-hybridized carbons (Fsp3) is 0. The van der Waals surface area contributed by atoms with Gasteiger partial charge in [0, 0.05) is 23.0 Å². The molecule has 0 atom stereocenters. The zero-order chi connectivity index (χ0) is 9.97. The van der Waals surface area contributed by atoms with E-state index >= 15 is 0 Å². The molecule has 2 rings (SSSR count).